The lowest BCUT2D eigenvalue weighted by molar-refractivity contribution is -0.120. The minimum Gasteiger partial charge on any atom is -0.497 e. The van der Waals surface area contributed by atoms with Gasteiger partial charge in [-0.25, -0.2) is 0 Å². The molecule has 0 aliphatic heterocycles. The standard InChI is InChI=1S/C23H22N2O4/c1-17(26)25(19-7-6-10-22(15-19)28-2)16-23(27)24-18-11-13-21(14-12-18)29-20-8-4-3-5-9-20/h3-15H,16H2,1-2H3,(H,24,27). The van der Waals surface area contributed by atoms with E-state index in [1.54, 1.807) is 55.6 Å². The molecule has 0 saturated carbocycles. The molecule has 6 heteroatoms. The lowest BCUT2D eigenvalue weighted by Crippen LogP contribution is -2.36. The first-order valence-corrected chi connectivity index (χ1v) is 9.10. The summed E-state index contributed by atoms with van der Waals surface area (Å²) < 4.78 is 10.9. The van der Waals surface area contributed by atoms with Gasteiger partial charge in [-0.2, -0.15) is 0 Å². The van der Waals surface area contributed by atoms with Crippen LogP contribution in [0.5, 0.6) is 17.2 Å². The van der Waals surface area contributed by atoms with Crippen LogP contribution in [0.3, 0.4) is 0 Å². The van der Waals surface area contributed by atoms with Crippen molar-refractivity contribution in [1.82, 2.24) is 0 Å². The summed E-state index contributed by atoms with van der Waals surface area (Å²) in [6, 6.07) is 23.5. The molecule has 0 saturated heterocycles. The molecule has 148 valence electrons. The predicted molar refractivity (Wildman–Crippen MR) is 113 cm³/mol. The first-order valence-electron chi connectivity index (χ1n) is 9.10. The quantitative estimate of drug-likeness (QED) is 0.646. The summed E-state index contributed by atoms with van der Waals surface area (Å²) in [7, 11) is 1.55. The molecule has 29 heavy (non-hydrogen) atoms. The number of ether oxygens (including phenoxy) is 2. The molecule has 0 unspecified atom stereocenters. The van der Waals surface area contributed by atoms with Gasteiger partial charge in [-0.1, -0.05) is 24.3 Å². The number of hydrogen-bond acceptors (Lipinski definition) is 4. The van der Waals surface area contributed by atoms with Gasteiger partial charge < -0.3 is 19.7 Å². The maximum absolute atomic E-state index is 12.5. The van der Waals surface area contributed by atoms with E-state index in [0.717, 1.165) is 5.75 Å². The van der Waals surface area contributed by atoms with Gasteiger partial charge in [-0.3, -0.25) is 9.59 Å². The fraction of sp³-hybridized carbons (Fsp3) is 0.130. The molecule has 0 aromatic heterocycles. The van der Waals surface area contributed by atoms with Crippen molar-refractivity contribution >= 4 is 23.2 Å². The fourth-order valence-corrected chi connectivity index (χ4v) is 2.74. The molecular weight excluding hydrogens is 368 g/mol. The molecule has 0 fully saturated rings. The second-order valence-electron chi connectivity index (χ2n) is 6.29. The number of nitrogens with one attached hydrogen (secondary N) is 1. The molecule has 2 amide bonds. The van der Waals surface area contributed by atoms with Crippen LogP contribution in [0.4, 0.5) is 11.4 Å². The molecule has 0 heterocycles. The Kier molecular flexibility index (Phi) is 6.47. The molecule has 3 aromatic rings. The van der Waals surface area contributed by atoms with Gasteiger partial charge in [0.1, 0.15) is 23.8 Å². The summed E-state index contributed by atoms with van der Waals surface area (Å²) in [4.78, 5) is 25.9. The van der Waals surface area contributed by atoms with Gasteiger partial charge in [0.15, 0.2) is 0 Å². The van der Waals surface area contributed by atoms with Crippen LogP contribution in [0.15, 0.2) is 78.9 Å². The van der Waals surface area contributed by atoms with Crippen molar-refractivity contribution in [3.05, 3.63) is 78.9 Å². The number of carbonyl (C=O) groups is 2. The van der Waals surface area contributed by atoms with E-state index in [1.165, 1.54) is 11.8 Å². The Bertz CT molecular complexity index is 972. The minimum atomic E-state index is -0.306. The number of para-hydroxylation sites is 1. The van der Waals surface area contributed by atoms with Gasteiger partial charge >= 0.3 is 0 Å². The third kappa shape index (κ3) is 5.59. The molecule has 0 aliphatic carbocycles. The summed E-state index contributed by atoms with van der Waals surface area (Å²) >= 11 is 0. The van der Waals surface area contributed by atoms with Crippen LogP contribution in [-0.2, 0) is 9.59 Å². The Labute approximate surface area is 169 Å². The van der Waals surface area contributed by atoms with E-state index in [0.29, 0.717) is 22.9 Å². The Morgan fingerprint density at radius 2 is 1.52 bits per heavy atom. The van der Waals surface area contributed by atoms with Gasteiger partial charge in [0.2, 0.25) is 11.8 Å². The number of anilines is 2. The van der Waals surface area contributed by atoms with Crippen LogP contribution in [0.2, 0.25) is 0 Å². The van der Waals surface area contributed by atoms with Crippen LogP contribution in [-0.4, -0.2) is 25.5 Å². The van der Waals surface area contributed by atoms with Crippen LogP contribution in [0.25, 0.3) is 0 Å². The van der Waals surface area contributed by atoms with Crippen molar-refractivity contribution in [3.8, 4) is 17.2 Å². The van der Waals surface area contributed by atoms with Crippen molar-refractivity contribution in [3.63, 3.8) is 0 Å². The van der Waals surface area contributed by atoms with Crippen molar-refractivity contribution in [2.45, 2.75) is 6.92 Å². The highest BCUT2D eigenvalue weighted by Crippen LogP contribution is 2.23. The largest absolute Gasteiger partial charge is 0.497 e. The smallest absolute Gasteiger partial charge is 0.244 e. The van der Waals surface area contributed by atoms with E-state index in [4.69, 9.17) is 9.47 Å². The van der Waals surface area contributed by atoms with Crippen molar-refractivity contribution in [1.29, 1.82) is 0 Å². The fourth-order valence-electron chi connectivity index (χ4n) is 2.74. The summed E-state index contributed by atoms with van der Waals surface area (Å²) in [6.45, 7) is 1.31. The SMILES string of the molecule is COc1cccc(N(CC(=O)Nc2ccc(Oc3ccccc3)cc2)C(C)=O)c1. The van der Waals surface area contributed by atoms with Crippen LogP contribution >= 0.6 is 0 Å². The van der Waals surface area contributed by atoms with Crippen LogP contribution < -0.4 is 19.7 Å². The minimum absolute atomic E-state index is 0.106. The maximum atomic E-state index is 12.5. The molecule has 0 atom stereocenters. The summed E-state index contributed by atoms with van der Waals surface area (Å²) in [5, 5.41) is 2.80. The third-order valence-corrected chi connectivity index (χ3v) is 4.16. The van der Waals surface area contributed by atoms with Gasteiger partial charge in [0.05, 0.1) is 7.11 Å². The Balaban J connectivity index is 1.63. The molecule has 0 bridgehead atoms. The molecule has 3 aromatic carbocycles. The molecule has 0 spiro atoms. The summed E-state index contributed by atoms with van der Waals surface area (Å²) in [5.41, 5.74) is 1.21. The number of carbonyl (C=O) groups excluding carboxylic acids is 2. The van der Waals surface area contributed by atoms with Crippen LogP contribution in [0.1, 0.15) is 6.92 Å². The number of amides is 2. The average Bonchev–Trinajstić information content (AvgIpc) is 2.74. The average molecular weight is 390 g/mol. The monoisotopic (exact) mass is 390 g/mol. The van der Waals surface area contributed by atoms with E-state index in [9.17, 15) is 9.59 Å². The lowest BCUT2D eigenvalue weighted by atomic mass is 10.2. The molecule has 1 N–H and O–H groups in total. The van der Waals surface area contributed by atoms with E-state index in [1.807, 2.05) is 30.3 Å². The molecule has 3 rings (SSSR count). The highest BCUT2D eigenvalue weighted by molar-refractivity contribution is 6.01. The summed E-state index contributed by atoms with van der Waals surface area (Å²) in [6.07, 6.45) is 0. The molecule has 0 radical (unpaired) electrons. The number of benzene rings is 3. The van der Waals surface area contributed by atoms with E-state index >= 15 is 0 Å². The normalized spacial score (nSPS) is 10.1. The van der Waals surface area contributed by atoms with E-state index in [-0.39, 0.29) is 18.4 Å². The third-order valence-electron chi connectivity index (χ3n) is 4.16. The zero-order valence-corrected chi connectivity index (χ0v) is 16.3. The van der Waals surface area contributed by atoms with Gasteiger partial charge in [-0.15, -0.1) is 0 Å². The Hall–Kier alpha value is -3.80. The van der Waals surface area contributed by atoms with Gasteiger partial charge in [-0.05, 0) is 48.5 Å². The predicted octanol–water partition coefficient (Wildman–Crippen LogP) is 4.48. The maximum Gasteiger partial charge on any atom is 0.244 e. The highest BCUT2D eigenvalue weighted by Gasteiger charge is 2.16. The van der Waals surface area contributed by atoms with Crippen molar-refractivity contribution in [2.24, 2.45) is 0 Å². The molecular formula is C23H22N2O4. The van der Waals surface area contributed by atoms with Crippen molar-refractivity contribution in [2.75, 3.05) is 23.9 Å². The topological polar surface area (TPSA) is 67.9 Å². The molecule has 6 nitrogen and oxygen atoms in total. The lowest BCUT2D eigenvalue weighted by Gasteiger charge is -2.21. The number of hydrogen-bond donors (Lipinski definition) is 1. The highest BCUT2D eigenvalue weighted by atomic mass is 16.5. The van der Waals surface area contributed by atoms with E-state index in [2.05, 4.69) is 5.32 Å². The Morgan fingerprint density at radius 3 is 2.17 bits per heavy atom. The first-order chi connectivity index (χ1) is 14.0. The van der Waals surface area contributed by atoms with Crippen molar-refractivity contribution < 1.29 is 19.1 Å². The van der Waals surface area contributed by atoms with Crippen LogP contribution in [0, 0.1) is 0 Å². The number of rotatable bonds is 7. The second-order valence-corrected chi connectivity index (χ2v) is 6.29. The zero-order chi connectivity index (χ0) is 20.6. The Morgan fingerprint density at radius 1 is 0.862 bits per heavy atom. The van der Waals surface area contributed by atoms with Gasteiger partial charge in [0.25, 0.3) is 0 Å². The molecule has 0 aliphatic rings. The number of methoxy groups -OCH3 is 1. The second kappa shape index (κ2) is 9.41. The van der Waals surface area contributed by atoms with E-state index < -0.39 is 0 Å². The zero-order valence-electron chi connectivity index (χ0n) is 16.3. The van der Waals surface area contributed by atoms with Gasteiger partial charge in [0, 0.05) is 24.4 Å². The number of nitrogens with zero attached hydrogens (tertiary/aromatic N) is 1. The summed E-state index contributed by atoms with van der Waals surface area (Å²) in [5.74, 6) is 1.47. The first kappa shape index (κ1) is 19.9.